The molecule has 1 aliphatic rings. The Morgan fingerprint density at radius 2 is 2.15 bits per heavy atom. The molecule has 3 nitrogen and oxygen atoms in total. The first-order valence-corrected chi connectivity index (χ1v) is 4.83. The number of methoxy groups -OCH3 is 1. The van der Waals surface area contributed by atoms with E-state index in [9.17, 15) is 4.79 Å². The zero-order valence-corrected chi connectivity index (χ0v) is 8.54. The van der Waals surface area contributed by atoms with Crippen LogP contribution in [0.15, 0.2) is 0 Å². The van der Waals surface area contributed by atoms with E-state index in [-0.39, 0.29) is 5.92 Å². The molecule has 3 unspecified atom stereocenters. The van der Waals surface area contributed by atoms with Crippen molar-refractivity contribution in [2.75, 3.05) is 7.11 Å². The fourth-order valence-electron chi connectivity index (χ4n) is 2.30. The van der Waals surface area contributed by atoms with Gasteiger partial charge in [0.1, 0.15) is 0 Å². The minimum Gasteiger partial charge on any atom is -0.479 e. The van der Waals surface area contributed by atoms with Crippen LogP contribution >= 0.6 is 0 Å². The van der Waals surface area contributed by atoms with Crippen molar-refractivity contribution in [3.8, 4) is 0 Å². The monoisotopic (exact) mass is 186 g/mol. The van der Waals surface area contributed by atoms with Gasteiger partial charge in [0, 0.05) is 7.11 Å². The van der Waals surface area contributed by atoms with E-state index in [1.54, 1.807) is 0 Å². The third-order valence-corrected chi connectivity index (χ3v) is 3.52. The molecule has 0 aromatic heterocycles. The van der Waals surface area contributed by atoms with Crippen LogP contribution in [0.25, 0.3) is 0 Å². The summed E-state index contributed by atoms with van der Waals surface area (Å²) in [5.41, 5.74) is -0.933. The van der Waals surface area contributed by atoms with E-state index < -0.39 is 11.6 Å². The molecule has 0 aliphatic heterocycles. The highest BCUT2D eigenvalue weighted by molar-refractivity contribution is 5.78. The maximum atomic E-state index is 11.1. The lowest BCUT2D eigenvalue weighted by Crippen LogP contribution is -2.51. The Morgan fingerprint density at radius 3 is 2.54 bits per heavy atom. The molecule has 0 saturated heterocycles. The van der Waals surface area contributed by atoms with Gasteiger partial charge in [0.05, 0.1) is 0 Å². The second kappa shape index (κ2) is 3.66. The topological polar surface area (TPSA) is 46.5 Å². The second-order valence-corrected chi connectivity index (χ2v) is 4.06. The maximum absolute atomic E-state index is 11.1. The largest absolute Gasteiger partial charge is 0.479 e. The van der Waals surface area contributed by atoms with Crippen LogP contribution in [0.2, 0.25) is 0 Å². The molecule has 1 N–H and O–H groups in total. The smallest absolute Gasteiger partial charge is 0.336 e. The van der Waals surface area contributed by atoms with E-state index in [4.69, 9.17) is 9.84 Å². The standard InChI is InChI=1S/C10H18O3/c1-7-5-4-6-10(13-3,8(7)2)9(11)12/h7-8H,4-6H2,1-3H3,(H,11,12). The molecule has 0 aromatic carbocycles. The number of carboxylic acid groups (broad SMARTS) is 1. The fraction of sp³-hybridized carbons (Fsp3) is 0.900. The Labute approximate surface area is 79.1 Å². The molecule has 1 fully saturated rings. The van der Waals surface area contributed by atoms with Crippen LogP contribution in [0.5, 0.6) is 0 Å². The molecule has 0 aromatic rings. The zero-order valence-electron chi connectivity index (χ0n) is 8.54. The molecule has 0 heterocycles. The molecular weight excluding hydrogens is 168 g/mol. The third kappa shape index (κ3) is 1.57. The highest BCUT2D eigenvalue weighted by Gasteiger charge is 2.48. The van der Waals surface area contributed by atoms with Gasteiger partial charge in [0.15, 0.2) is 5.60 Å². The molecule has 0 bridgehead atoms. The van der Waals surface area contributed by atoms with Crippen LogP contribution in [0.4, 0.5) is 0 Å². The van der Waals surface area contributed by atoms with E-state index >= 15 is 0 Å². The van der Waals surface area contributed by atoms with E-state index in [1.165, 1.54) is 7.11 Å². The van der Waals surface area contributed by atoms with Crippen LogP contribution in [-0.4, -0.2) is 23.8 Å². The first-order valence-electron chi connectivity index (χ1n) is 4.83. The highest BCUT2D eigenvalue weighted by Crippen LogP contribution is 2.39. The molecule has 3 atom stereocenters. The Balaban J connectivity index is 2.89. The van der Waals surface area contributed by atoms with Gasteiger partial charge in [-0.05, 0) is 24.7 Å². The van der Waals surface area contributed by atoms with E-state index in [1.807, 2.05) is 6.92 Å². The number of ether oxygens (including phenoxy) is 1. The van der Waals surface area contributed by atoms with Crippen LogP contribution < -0.4 is 0 Å². The lowest BCUT2D eigenvalue weighted by atomic mass is 9.70. The van der Waals surface area contributed by atoms with Crippen LogP contribution in [-0.2, 0) is 9.53 Å². The third-order valence-electron chi connectivity index (χ3n) is 3.52. The number of carbonyl (C=O) groups is 1. The summed E-state index contributed by atoms with van der Waals surface area (Å²) in [5.74, 6) is -0.275. The van der Waals surface area contributed by atoms with E-state index in [0.717, 1.165) is 12.8 Å². The normalized spacial score (nSPS) is 40.2. The lowest BCUT2D eigenvalue weighted by molar-refractivity contribution is -0.177. The number of aliphatic carboxylic acids is 1. The van der Waals surface area contributed by atoms with Gasteiger partial charge in [-0.25, -0.2) is 4.79 Å². The summed E-state index contributed by atoms with van der Waals surface area (Å²) >= 11 is 0. The van der Waals surface area contributed by atoms with Gasteiger partial charge >= 0.3 is 5.97 Å². The molecule has 76 valence electrons. The van der Waals surface area contributed by atoms with Crippen molar-refractivity contribution in [3.05, 3.63) is 0 Å². The van der Waals surface area contributed by atoms with E-state index in [2.05, 4.69) is 6.92 Å². The van der Waals surface area contributed by atoms with Crippen molar-refractivity contribution in [2.24, 2.45) is 11.8 Å². The Hall–Kier alpha value is -0.570. The summed E-state index contributed by atoms with van der Waals surface area (Å²) in [6, 6.07) is 0. The van der Waals surface area contributed by atoms with Gasteiger partial charge in [0.2, 0.25) is 0 Å². The summed E-state index contributed by atoms with van der Waals surface area (Å²) in [7, 11) is 1.50. The summed E-state index contributed by atoms with van der Waals surface area (Å²) in [6.45, 7) is 4.07. The number of hydrogen-bond acceptors (Lipinski definition) is 2. The van der Waals surface area contributed by atoms with Crippen molar-refractivity contribution < 1.29 is 14.6 Å². The van der Waals surface area contributed by atoms with Crippen molar-refractivity contribution in [1.82, 2.24) is 0 Å². The molecule has 3 heteroatoms. The molecule has 1 rings (SSSR count). The quantitative estimate of drug-likeness (QED) is 0.716. The number of hydrogen-bond donors (Lipinski definition) is 1. The number of rotatable bonds is 2. The van der Waals surface area contributed by atoms with Crippen molar-refractivity contribution >= 4 is 5.97 Å². The molecule has 0 radical (unpaired) electrons. The minimum absolute atomic E-state index is 0.101. The summed E-state index contributed by atoms with van der Waals surface area (Å²) in [4.78, 5) is 11.1. The van der Waals surface area contributed by atoms with Crippen LogP contribution in [0.1, 0.15) is 33.1 Å². The second-order valence-electron chi connectivity index (χ2n) is 4.06. The number of carboxylic acids is 1. The molecule has 1 saturated carbocycles. The zero-order chi connectivity index (χ0) is 10.1. The predicted octanol–water partition coefficient (Wildman–Crippen LogP) is 1.91. The molecule has 0 amide bonds. The van der Waals surface area contributed by atoms with Crippen molar-refractivity contribution in [3.63, 3.8) is 0 Å². The Kier molecular flexibility index (Phi) is 2.96. The predicted molar refractivity (Wildman–Crippen MR) is 49.6 cm³/mol. The van der Waals surface area contributed by atoms with Crippen LogP contribution in [0, 0.1) is 11.8 Å². The summed E-state index contributed by atoms with van der Waals surface area (Å²) in [5, 5.41) is 9.15. The van der Waals surface area contributed by atoms with Gasteiger partial charge in [-0.2, -0.15) is 0 Å². The summed E-state index contributed by atoms with van der Waals surface area (Å²) in [6.07, 6.45) is 2.70. The van der Waals surface area contributed by atoms with Crippen LogP contribution in [0.3, 0.4) is 0 Å². The fourth-order valence-corrected chi connectivity index (χ4v) is 2.30. The average molecular weight is 186 g/mol. The first kappa shape index (κ1) is 10.5. The molecule has 0 spiro atoms. The van der Waals surface area contributed by atoms with Gasteiger partial charge in [-0.1, -0.05) is 20.3 Å². The first-order chi connectivity index (χ1) is 6.04. The molecular formula is C10H18O3. The molecule has 1 aliphatic carbocycles. The lowest BCUT2D eigenvalue weighted by Gasteiger charge is -2.41. The van der Waals surface area contributed by atoms with Gasteiger partial charge < -0.3 is 9.84 Å². The van der Waals surface area contributed by atoms with Gasteiger partial charge in [-0.3, -0.25) is 0 Å². The highest BCUT2D eigenvalue weighted by atomic mass is 16.5. The average Bonchev–Trinajstić information content (AvgIpc) is 2.09. The van der Waals surface area contributed by atoms with E-state index in [0.29, 0.717) is 12.3 Å². The molecule has 13 heavy (non-hydrogen) atoms. The summed E-state index contributed by atoms with van der Waals surface area (Å²) < 4.78 is 5.22. The SMILES string of the molecule is COC1(C(=O)O)CCCC(C)C1C. The van der Waals surface area contributed by atoms with Crippen molar-refractivity contribution in [1.29, 1.82) is 0 Å². The van der Waals surface area contributed by atoms with Crippen molar-refractivity contribution in [2.45, 2.75) is 38.7 Å². The van der Waals surface area contributed by atoms with Gasteiger partial charge in [0.25, 0.3) is 0 Å². The minimum atomic E-state index is -0.933. The maximum Gasteiger partial charge on any atom is 0.336 e. The van der Waals surface area contributed by atoms with Gasteiger partial charge in [-0.15, -0.1) is 0 Å². The Bertz CT molecular complexity index is 202. The Morgan fingerprint density at radius 1 is 1.54 bits per heavy atom.